The third-order valence-corrected chi connectivity index (χ3v) is 6.01. The summed E-state index contributed by atoms with van der Waals surface area (Å²) < 4.78 is 24.3. The van der Waals surface area contributed by atoms with Crippen LogP contribution in [-0.2, 0) is 9.84 Å². The van der Waals surface area contributed by atoms with E-state index in [1.165, 1.54) is 6.07 Å². The lowest BCUT2D eigenvalue weighted by molar-refractivity contribution is 0.0687. The van der Waals surface area contributed by atoms with E-state index in [-0.39, 0.29) is 16.6 Å². The van der Waals surface area contributed by atoms with Crippen molar-refractivity contribution in [3.63, 3.8) is 0 Å². The highest BCUT2D eigenvalue weighted by Gasteiger charge is 2.27. The van der Waals surface area contributed by atoms with E-state index in [1.54, 1.807) is 30.0 Å². The summed E-state index contributed by atoms with van der Waals surface area (Å²) in [4.78, 5) is 14.6. The number of hydrogen-bond donors (Lipinski definition) is 1. The summed E-state index contributed by atoms with van der Waals surface area (Å²) in [5, 5.41) is 3.17. The van der Waals surface area contributed by atoms with E-state index in [0.717, 1.165) is 19.4 Å². The topological polar surface area (TPSA) is 66.5 Å². The lowest BCUT2D eigenvalue weighted by atomic mass is 9.96. The molecule has 1 amide bonds. The van der Waals surface area contributed by atoms with E-state index in [2.05, 4.69) is 5.32 Å². The third kappa shape index (κ3) is 3.67. The van der Waals surface area contributed by atoms with Gasteiger partial charge in [-0.1, -0.05) is 19.1 Å². The SMILES string of the molecule is CCS(=O)(=O)c1ccccc1C(=O)N1CCC(CNC)CC1. The van der Waals surface area contributed by atoms with Crippen molar-refractivity contribution in [2.45, 2.75) is 24.7 Å². The Morgan fingerprint density at radius 3 is 2.50 bits per heavy atom. The standard InChI is InChI=1S/C16H24N2O3S/c1-3-22(20,21)15-7-5-4-6-14(15)16(19)18-10-8-13(9-11-18)12-17-2/h4-7,13,17H,3,8-12H2,1-2H3. The number of amides is 1. The van der Waals surface area contributed by atoms with Crippen LogP contribution in [0.4, 0.5) is 0 Å². The predicted octanol–water partition coefficient (Wildman–Crippen LogP) is 1.55. The van der Waals surface area contributed by atoms with Gasteiger partial charge in [-0.15, -0.1) is 0 Å². The summed E-state index contributed by atoms with van der Waals surface area (Å²) in [5.41, 5.74) is 0.302. The molecule has 122 valence electrons. The van der Waals surface area contributed by atoms with Crippen molar-refractivity contribution >= 4 is 15.7 Å². The van der Waals surface area contributed by atoms with Crippen molar-refractivity contribution in [2.24, 2.45) is 5.92 Å². The molecule has 2 rings (SSSR count). The maximum absolute atomic E-state index is 12.7. The van der Waals surface area contributed by atoms with Gasteiger partial charge in [-0.3, -0.25) is 4.79 Å². The largest absolute Gasteiger partial charge is 0.339 e. The molecule has 0 unspecified atom stereocenters. The minimum Gasteiger partial charge on any atom is -0.339 e. The van der Waals surface area contributed by atoms with Gasteiger partial charge >= 0.3 is 0 Å². The van der Waals surface area contributed by atoms with E-state index in [9.17, 15) is 13.2 Å². The molecule has 0 aliphatic carbocycles. The van der Waals surface area contributed by atoms with Crippen LogP contribution in [0, 0.1) is 5.92 Å². The Labute approximate surface area is 132 Å². The number of rotatable bonds is 5. The van der Waals surface area contributed by atoms with Gasteiger partial charge in [-0.05, 0) is 44.5 Å². The van der Waals surface area contributed by atoms with Gasteiger partial charge in [0.1, 0.15) is 0 Å². The fourth-order valence-electron chi connectivity index (χ4n) is 2.87. The first-order valence-corrected chi connectivity index (χ1v) is 9.40. The minimum absolute atomic E-state index is 0.00152. The van der Waals surface area contributed by atoms with Crippen LogP contribution in [0.5, 0.6) is 0 Å². The predicted molar refractivity (Wildman–Crippen MR) is 86.7 cm³/mol. The van der Waals surface area contributed by atoms with E-state index < -0.39 is 9.84 Å². The molecule has 0 atom stereocenters. The van der Waals surface area contributed by atoms with Crippen molar-refractivity contribution < 1.29 is 13.2 Å². The summed E-state index contributed by atoms with van der Waals surface area (Å²) in [5.74, 6) is 0.417. The van der Waals surface area contributed by atoms with Crippen molar-refractivity contribution in [2.75, 3.05) is 32.4 Å². The molecule has 0 spiro atoms. The highest BCUT2D eigenvalue weighted by Crippen LogP contribution is 2.22. The summed E-state index contributed by atoms with van der Waals surface area (Å²) in [6.07, 6.45) is 1.91. The van der Waals surface area contributed by atoms with Gasteiger partial charge in [-0.25, -0.2) is 8.42 Å². The second-order valence-electron chi connectivity index (χ2n) is 5.69. The number of nitrogens with one attached hydrogen (secondary N) is 1. The molecule has 0 saturated carbocycles. The lowest BCUT2D eigenvalue weighted by Gasteiger charge is -2.32. The van der Waals surface area contributed by atoms with Gasteiger partial charge in [0.25, 0.3) is 5.91 Å². The molecule has 1 fully saturated rings. The Kier molecular flexibility index (Phi) is 5.58. The second kappa shape index (κ2) is 7.24. The molecule has 6 heteroatoms. The molecule has 22 heavy (non-hydrogen) atoms. The molecule has 1 aliphatic heterocycles. The molecular weight excluding hydrogens is 300 g/mol. The van der Waals surface area contributed by atoms with Crippen LogP contribution in [0.15, 0.2) is 29.2 Å². The molecule has 1 aromatic rings. The van der Waals surface area contributed by atoms with Gasteiger partial charge in [0.2, 0.25) is 0 Å². The fourth-order valence-corrected chi connectivity index (χ4v) is 3.96. The molecule has 1 heterocycles. The van der Waals surface area contributed by atoms with Gasteiger partial charge in [0.15, 0.2) is 9.84 Å². The van der Waals surface area contributed by atoms with E-state index >= 15 is 0 Å². The van der Waals surface area contributed by atoms with E-state index in [0.29, 0.717) is 24.6 Å². The molecule has 0 aromatic heterocycles. The summed E-state index contributed by atoms with van der Waals surface area (Å²) >= 11 is 0. The summed E-state index contributed by atoms with van der Waals surface area (Å²) in [7, 11) is -1.46. The maximum atomic E-state index is 12.7. The Hall–Kier alpha value is -1.40. The maximum Gasteiger partial charge on any atom is 0.255 e. The molecule has 0 bridgehead atoms. The Balaban J connectivity index is 2.18. The Morgan fingerprint density at radius 1 is 1.27 bits per heavy atom. The number of likely N-dealkylation sites (tertiary alicyclic amines) is 1. The first kappa shape index (κ1) is 17.0. The summed E-state index contributed by atoms with van der Waals surface area (Å²) in [6.45, 7) is 3.93. The second-order valence-corrected chi connectivity index (χ2v) is 7.94. The first-order valence-electron chi connectivity index (χ1n) is 7.75. The minimum atomic E-state index is -3.39. The van der Waals surface area contributed by atoms with Crippen molar-refractivity contribution in [3.05, 3.63) is 29.8 Å². The molecule has 1 aliphatic rings. The zero-order valence-electron chi connectivity index (χ0n) is 13.2. The van der Waals surface area contributed by atoms with Crippen LogP contribution in [0.25, 0.3) is 0 Å². The number of nitrogens with zero attached hydrogens (tertiary/aromatic N) is 1. The normalized spacial score (nSPS) is 16.7. The number of sulfone groups is 1. The molecule has 5 nitrogen and oxygen atoms in total. The average Bonchev–Trinajstić information content (AvgIpc) is 2.55. The molecule has 1 aromatic carbocycles. The third-order valence-electron chi connectivity index (χ3n) is 4.23. The number of carbonyl (C=O) groups is 1. The quantitative estimate of drug-likeness (QED) is 0.892. The monoisotopic (exact) mass is 324 g/mol. The summed E-state index contributed by atoms with van der Waals surface area (Å²) in [6, 6.07) is 6.53. The van der Waals surface area contributed by atoms with Crippen molar-refractivity contribution in [3.8, 4) is 0 Å². The fraction of sp³-hybridized carbons (Fsp3) is 0.562. The lowest BCUT2D eigenvalue weighted by Crippen LogP contribution is -2.40. The van der Waals surface area contributed by atoms with Gasteiger partial charge in [0, 0.05) is 13.1 Å². The van der Waals surface area contributed by atoms with Gasteiger partial charge in [-0.2, -0.15) is 0 Å². The average molecular weight is 324 g/mol. The highest BCUT2D eigenvalue weighted by molar-refractivity contribution is 7.91. The van der Waals surface area contributed by atoms with Crippen LogP contribution in [0.1, 0.15) is 30.1 Å². The number of piperidine rings is 1. The van der Waals surface area contributed by atoms with Crippen molar-refractivity contribution in [1.82, 2.24) is 10.2 Å². The zero-order valence-corrected chi connectivity index (χ0v) is 14.0. The van der Waals surface area contributed by atoms with Crippen molar-refractivity contribution in [1.29, 1.82) is 0 Å². The highest BCUT2D eigenvalue weighted by atomic mass is 32.2. The van der Waals surface area contributed by atoms with Crippen LogP contribution in [0.2, 0.25) is 0 Å². The Bertz CT molecular complexity index is 620. The van der Waals surface area contributed by atoms with E-state index in [1.807, 2.05) is 7.05 Å². The molecule has 1 N–H and O–H groups in total. The van der Waals surface area contributed by atoms with E-state index in [4.69, 9.17) is 0 Å². The molecule has 0 radical (unpaired) electrons. The van der Waals surface area contributed by atoms with Crippen LogP contribution >= 0.6 is 0 Å². The first-order chi connectivity index (χ1) is 10.5. The van der Waals surface area contributed by atoms with Gasteiger partial charge < -0.3 is 10.2 Å². The number of carbonyl (C=O) groups excluding carboxylic acids is 1. The van der Waals surface area contributed by atoms with Crippen LogP contribution < -0.4 is 5.32 Å². The number of hydrogen-bond acceptors (Lipinski definition) is 4. The molecular formula is C16H24N2O3S. The van der Waals surface area contributed by atoms with Gasteiger partial charge in [0.05, 0.1) is 16.2 Å². The smallest absolute Gasteiger partial charge is 0.255 e. The van der Waals surface area contributed by atoms with Crippen LogP contribution in [0.3, 0.4) is 0 Å². The zero-order chi connectivity index (χ0) is 16.2. The number of benzene rings is 1. The van der Waals surface area contributed by atoms with Crippen LogP contribution in [-0.4, -0.2) is 51.7 Å². The Morgan fingerprint density at radius 2 is 1.91 bits per heavy atom. The molecule has 1 saturated heterocycles.